The first kappa shape index (κ1) is 13.5. The molecule has 2 heterocycles. The molecule has 0 amide bonds. The van der Waals surface area contributed by atoms with E-state index < -0.39 is 10.2 Å². The summed E-state index contributed by atoms with van der Waals surface area (Å²) in [5.74, 6) is 0. The van der Waals surface area contributed by atoms with Gasteiger partial charge in [0.1, 0.15) is 0 Å². The third-order valence-corrected chi connectivity index (χ3v) is 4.73. The van der Waals surface area contributed by atoms with Crippen molar-refractivity contribution >= 4 is 10.2 Å². The summed E-state index contributed by atoms with van der Waals surface area (Å²) in [6.07, 6.45) is 9.36. The molecule has 0 spiro atoms. The van der Waals surface area contributed by atoms with Crippen molar-refractivity contribution in [2.45, 2.75) is 32.2 Å². The average Bonchev–Trinajstić information content (AvgIpc) is 2.68. The molecule has 7 heteroatoms. The Kier molecular flexibility index (Phi) is 4.73. The Morgan fingerprint density at radius 1 is 1.17 bits per heavy atom. The van der Waals surface area contributed by atoms with Crippen LogP contribution in [-0.4, -0.2) is 41.9 Å². The quantitative estimate of drug-likeness (QED) is 0.853. The molecule has 0 radical (unpaired) electrons. The van der Waals surface area contributed by atoms with Crippen molar-refractivity contribution in [3.05, 3.63) is 18.7 Å². The number of imidazole rings is 1. The van der Waals surface area contributed by atoms with Gasteiger partial charge in [-0.3, -0.25) is 0 Å². The summed E-state index contributed by atoms with van der Waals surface area (Å²) in [5, 5.41) is 0. The second-order valence-corrected chi connectivity index (χ2v) is 6.27. The van der Waals surface area contributed by atoms with Gasteiger partial charge in [-0.1, -0.05) is 12.8 Å². The van der Waals surface area contributed by atoms with Gasteiger partial charge < -0.3 is 4.57 Å². The van der Waals surface area contributed by atoms with Crippen molar-refractivity contribution in [3.63, 3.8) is 0 Å². The van der Waals surface area contributed by atoms with E-state index in [0.717, 1.165) is 25.7 Å². The molecule has 1 saturated heterocycles. The lowest BCUT2D eigenvalue weighted by Gasteiger charge is -2.20. The fourth-order valence-corrected chi connectivity index (χ4v) is 3.37. The van der Waals surface area contributed by atoms with Crippen LogP contribution in [0.3, 0.4) is 0 Å². The third-order valence-electron chi connectivity index (χ3n) is 3.12. The predicted molar refractivity (Wildman–Crippen MR) is 69.2 cm³/mol. The van der Waals surface area contributed by atoms with Gasteiger partial charge in [-0.15, -0.1) is 0 Å². The normalized spacial score (nSPS) is 18.7. The molecule has 0 bridgehead atoms. The second-order valence-electron chi connectivity index (χ2n) is 4.51. The highest BCUT2D eigenvalue weighted by Gasteiger charge is 2.21. The topological polar surface area (TPSA) is 67.2 Å². The molecule has 1 aliphatic rings. The summed E-state index contributed by atoms with van der Waals surface area (Å²) in [7, 11) is -3.31. The fraction of sp³-hybridized carbons (Fsp3) is 0.727. The van der Waals surface area contributed by atoms with E-state index in [1.54, 1.807) is 16.8 Å². The van der Waals surface area contributed by atoms with Gasteiger partial charge in [0.2, 0.25) is 0 Å². The molecule has 0 saturated carbocycles. The zero-order valence-corrected chi connectivity index (χ0v) is 11.3. The maximum Gasteiger partial charge on any atom is 0.279 e. The van der Waals surface area contributed by atoms with Gasteiger partial charge in [-0.2, -0.15) is 12.7 Å². The van der Waals surface area contributed by atoms with Gasteiger partial charge in [0, 0.05) is 38.6 Å². The second kappa shape index (κ2) is 6.31. The van der Waals surface area contributed by atoms with Gasteiger partial charge in [-0.05, 0) is 12.8 Å². The highest BCUT2D eigenvalue weighted by Crippen LogP contribution is 2.12. The predicted octanol–water partition coefficient (Wildman–Crippen LogP) is 0.593. The number of nitrogens with one attached hydrogen (secondary N) is 1. The van der Waals surface area contributed by atoms with Crippen LogP contribution in [-0.2, 0) is 16.8 Å². The maximum atomic E-state index is 12.1. The van der Waals surface area contributed by atoms with Crippen LogP contribution in [0, 0.1) is 0 Å². The summed E-state index contributed by atoms with van der Waals surface area (Å²) in [6.45, 7) is 2.28. The Balaban J connectivity index is 1.82. The van der Waals surface area contributed by atoms with Gasteiger partial charge in [0.25, 0.3) is 10.2 Å². The van der Waals surface area contributed by atoms with Crippen LogP contribution >= 0.6 is 0 Å². The van der Waals surface area contributed by atoms with Crippen LogP contribution in [0.25, 0.3) is 0 Å². The summed E-state index contributed by atoms with van der Waals surface area (Å²) >= 11 is 0. The Bertz CT molecular complexity index is 436. The van der Waals surface area contributed by atoms with Crippen LogP contribution in [0.2, 0.25) is 0 Å². The molecule has 1 aromatic rings. The SMILES string of the molecule is O=S(=O)(NCCn1ccnc1)N1CCCCCC1. The Labute approximate surface area is 108 Å². The van der Waals surface area contributed by atoms with Gasteiger partial charge in [-0.25, -0.2) is 9.71 Å². The molecule has 1 fully saturated rings. The van der Waals surface area contributed by atoms with Crippen molar-refractivity contribution < 1.29 is 8.42 Å². The van der Waals surface area contributed by atoms with Gasteiger partial charge in [0.15, 0.2) is 0 Å². The largest absolute Gasteiger partial charge is 0.336 e. The monoisotopic (exact) mass is 272 g/mol. The summed E-state index contributed by atoms with van der Waals surface area (Å²) in [6, 6.07) is 0. The van der Waals surface area contributed by atoms with Crippen LogP contribution < -0.4 is 4.72 Å². The average molecular weight is 272 g/mol. The molecular weight excluding hydrogens is 252 g/mol. The molecule has 6 nitrogen and oxygen atoms in total. The minimum atomic E-state index is -3.31. The number of hydrogen-bond acceptors (Lipinski definition) is 3. The van der Waals surface area contributed by atoms with Crippen LogP contribution in [0.4, 0.5) is 0 Å². The van der Waals surface area contributed by atoms with E-state index in [-0.39, 0.29) is 0 Å². The minimum Gasteiger partial charge on any atom is -0.336 e. The molecule has 102 valence electrons. The highest BCUT2D eigenvalue weighted by atomic mass is 32.2. The van der Waals surface area contributed by atoms with E-state index >= 15 is 0 Å². The van der Waals surface area contributed by atoms with Crippen molar-refractivity contribution in [2.75, 3.05) is 19.6 Å². The van der Waals surface area contributed by atoms with Crippen molar-refractivity contribution in [1.82, 2.24) is 18.6 Å². The Morgan fingerprint density at radius 2 is 1.89 bits per heavy atom. The van der Waals surface area contributed by atoms with Crippen LogP contribution in [0.1, 0.15) is 25.7 Å². The van der Waals surface area contributed by atoms with Crippen LogP contribution in [0.15, 0.2) is 18.7 Å². The van der Waals surface area contributed by atoms with Crippen molar-refractivity contribution in [1.29, 1.82) is 0 Å². The fourth-order valence-electron chi connectivity index (χ4n) is 2.10. The number of aromatic nitrogens is 2. The maximum absolute atomic E-state index is 12.1. The van der Waals surface area contributed by atoms with E-state index in [1.807, 2.05) is 10.8 Å². The molecule has 0 atom stereocenters. The molecule has 1 aromatic heterocycles. The van der Waals surface area contributed by atoms with Gasteiger partial charge >= 0.3 is 0 Å². The smallest absolute Gasteiger partial charge is 0.279 e. The van der Waals surface area contributed by atoms with Crippen LogP contribution in [0.5, 0.6) is 0 Å². The number of hydrogen-bond donors (Lipinski definition) is 1. The molecule has 0 aliphatic carbocycles. The lowest BCUT2D eigenvalue weighted by molar-refractivity contribution is 0.413. The molecule has 0 unspecified atom stereocenters. The third kappa shape index (κ3) is 3.79. The van der Waals surface area contributed by atoms with E-state index in [9.17, 15) is 8.42 Å². The number of rotatable bonds is 5. The Hall–Kier alpha value is -0.920. The Morgan fingerprint density at radius 3 is 2.50 bits per heavy atom. The van der Waals surface area contributed by atoms with E-state index in [4.69, 9.17) is 0 Å². The zero-order valence-electron chi connectivity index (χ0n) is 10.5. The molecule has 1 aliphatic heterocycles. The summed E-state index contributed by atoms with van der Waals surface area (Å²) in [5.41, 5.74) is 0. The molecule has 18 heavy (non-hydrogen) atoms. The standard InChI is InChI=1S/C11H20N4O2S/c16-18(17,15-7-3-1-2-4-8-15)13-6-10-14-9-5-12-11-14/h5,9,11,13H,1-4,6-8,10H2. The van der Waals surface area contributed by atoms with Crippen molar-refractivity contribution in [3.8, 4) is 0 Å². The summed E-state index contributed by atoms with van der Waals surface area (Å²) in [4.78, 5) is 3.91. The van der Waals surface area contributed by atoms with E-state index in [0.29, 0.717) is 26.2 Å². The minimum absolute atomic E-state index is 0.398. The zero-order chi connectivity index (χ0) is 12.8. The first-order chi connectivity index (χ1) is 8.68. The molecule has 2 rings (SSSR count). The van der Waals surface area contributed by atoms with Crippen molar-refractivity contribution in [2.24, 2.45) is 0 Å². The van der Waals surface area contributed by atoms with E-state index in [2.05, 4.69) is 9.71 Å². The molecule has 0 aromatic carbocycles. The lowest BCUT2D eigenvalue weighted by Crippen LogP contribution is -2.42. The lowest BCUT2D eigenvalue weighted by atomic mass is 10.2. The molecular formula is C11H20N4O2S. The highest BCUT2D eigenvalue weighted by molar-refractivity contribution is 7.87. The first-order valence-electron chi connectivity index (χ1n) is 6.39. The molecule has 1 N–H and O–H groups in total. The summed E-state index contributed by atoms with van der Waals surface area (Å²) < 4.78 is 30.2. The number of nitrogens with zero attached hydrogens (tertiary/aromatic N) is 3. The van der Waals surface area contributed by atoms with E-state index in [1.165, 1.54) is 0 Å². The van der Waals surface area contributed by atoms with Gasteiger partial charge in [0.05, 0.1) is 6.33 Å². The first-order valence-corrected chi connectivity index (χ1v) is 7.83.